The van der Waals surface area contributed by atoms with Crippen LogP contribution in [0.25, 0.3) is 0 Å². The molecule has 1 aliphatic heterocycles. The monoisotopic (exact) mass is 156 g/mol. The Morgan fingerprint density at radius 2 is 1.64 bits per heavy atom. The highest BCUT2D eigenvalue weighted by atomic mass is 16.2. The predicted octanol–water partition coefficient (Wildman–Crippen LogP) is -1.08. The highest BCUT2D eigenvalue weighted by molar-refractivity contribution is 6.12. The molecule has 0 saturated carbocycles. The summed E-state index contributed by atoms with van der Waals surface area (Å²) >= 11 is 0. The van der Waals surface area contributed by atoms with Crippen LogP contribution >= 0.6 is 0 Å². The van der Waals surface area contributed by atoms with Crippen molar-refractivity contribution in [2.75, 3.05) is 0 Å². The lowest BCUT2D eigenvalue weighted by Crippen LogP contribution is -2.19. The standard InChI is InChI=1S/C4H3NO2.CHNO.O/c6-3-1-2-4(7)5-3;2-1-3;/h1-2H,(H,5,6,7);3H;. The zero-order chi connectivity index (χ0) is 7.98. The molecule has 0 aromatic rings. The first kappa shape index (κ1) is 11.9. The summed E-state index contributed by atoms with van der Waals surface area (Å²) in [6.45, 7) is 0. The molecule has 6 nitrogen and oxygen atoms in total. The molecule has 1 aliphatic rings. The van der Waals surface area contributed by atoms with Gasteiger partial charge in [0.15, 0.2) is 0 Å². The Bertz CT molecular complexity index is 199. The number of carbonyl (C=O) groups is 2. The fourth-order valence-corrected chi connectivity index (χ4v) is 0.356. The number of rotatable bonds is 0. The Morgan fingerprint density at radius 3 is 1.73 bits per heavy atom. The SMILES string of the molecule is N#CO.O=C1C=CC(=O)N1.[O]. The van der Waals surface area contributed by atoms with Gasteiger partial charge in [-0.1, -0.05) is 0 Å². The number of aliphatic hydroxyl groups excluding tert-OH is 1. The number of hydrogen-bond donors (Lipinski definition) is 2. The van der Waals surface area contributed by atoms with Gasteiger partial charge in [0.1, 0.15) is 0 Å². The zero-order valence-corrected chi connectivity index (χ0v) is 5.27. The van der Waals surface area contributed by atoms with Crippen molar-refractivity contribution in [2.45, 2.75) is 0 Å². The van der Waals surface area contributed by atoms with Crippen LogP contribution < -0.4 is 5.32 Å². The minimum absolute atomic E-state index is 0. The second-order valence-corrected chi connectivity index (χ2v) is 1.29. The molecule has 0 atom stereocenters. The molecule has 0 aliphatic carbocycles. The quantitative estimate of drug-likeness (QED) is 0.342. The number of hydrogen-bond acceptors (Lipinski definition) is 4. The molecule has 0 unspecified atom stereocenters. The Kier molecular flexibility index (Phi) is 6.75. The molecule has 58 valence electrons. The summed E-state index contributed by atoms with van der Waals surface area (Å²) in [7, 11) is 0. The molecule has 0 saturated heterocycles. The highest BCUT2D eigenvalue weighted by Crippen LogP contribution is 1.82. The number of nitrogens with zero attached hydrogens (tertiary/aromatic N) is 1. The van der Waals surface area contributed by atoms with Crippen LogP contribution in [0.2, 0.25) is 0 Å². The van der Waals surface area contributed by atoms with Gasteiger partial charge in [-0.15, -0.1) is 0 Å². The van der Waals surface area contributed by atoms with Gasteiger partial charge in [0.2, 0.25) is 0 Å². The van der Waals surface area contributed by atoms with Crippen molar-refractivity contribution < 1.29 is 20.2 Å². The molecule has 1 rings (SSSR count). The van der Waals surface area contributed by atoms with E-state index in [1.165, 1.54) is 12.2 Å². The van der Waals surface area contributed by atoms with Crippen molar-refractivity contribution in [2.24, 2.45) is 0 Å². The van der Waals surface area contributed by atoms with Gasteiger partial charge in [-0.3, -0.25) is 14.9 Å². The van der Waals surface area contributed by atoms with E-state index < -0.39 is 0 Å². The largest absolute Gasteiger partial charge is 0.443 e. The first-order chi connectivity index (χ1) is 4.70. The van der Waals surface area contributed by atoms with Crippen molar-refractivity contribution in [3.63, 3.8) is 0 Å². The lowest BCUT2D eigenvalue weighted by atomic mass is 10.6. The summed E-state index contributed by atoms with van der Waals surface area (Å²) in [5.41, 5.74) is 0. The number of carbonyl (C=O) groups excluding carboxylic acids is 2. The second-order valence-electron chi connectivity index (χ2n) is 1.29. The number of aliphatic hydroxyl groups is 1. The van der Waals surface area contributed by atoms with Gasteiger partial charge in [-0.05, 0) is 0 Å². The summed E-state index contributed by atoms with van der Waals surface area (Å²) in [6, 6.07) is 0. The summed E-state index contributed by atoms with van der Waals surface area (Å²) in [4.78, 5) is 20.1. The van der Waals surface area contributed by atoms with E-state index in [-0.39, 0.29) is 17.3 Å². The second kappa shape index (κ2) is 6.25. The van der Waals surface area contributed by atoms with Crippen molar-refractivity contribution in [1.29, 1.82) is 5.26 Å². The first-order valence-corrected chi connectivity index (χ1v) is 2.27. The van der Waals surface area contributed by atoms with Crippen molar-refractivity contribution in [1.82, 2.24) is 5.32 Å². The van der Waals surface area contributed by atoms with Gasteiger partial charge < -0.3 is 5.11 Å². The summed E-state index contributed by atoms with van der Waals surface area (Å²) in [5.74, 6) is -0.657. The lowest BCUT2D eigenvalue weighted by molar-refractivity contribution is -0.123. The molecule has 0 spiro atoms. The number of imide groups is 1. The van der Waals surface area contributed by atoms with E-state index >= 15 is 0 Å². The van der Waals surface area contributed by atoms with Gasteiger partial charge >= 0.3 is 0 Å². The topological polar surface area (TPSA) is 119 Å². The van der Waals surface area contributed by atoms with E-state index in [4.69, 9.17) is 10.4 Å². The number of amides is 2. The number of nitrogens with one attached hydrogen (secondary N) is 1. The molecule has 6 heteroatoms. The van der Waals surface area contributed by atoms with Crippen molar-refractivity contribution in [3.05, 3.63) is 12.2 Å². The van der Waals surface area contributed by atoms with Crippen LogP contribution in [0.3, 0.4) is 0 Å². The molecule has 2 radical (unpaired) electrons. The average Bonchev–Trinajstić information content (AvgIpc) is 2.17. The van der Waals surface area contributed by atoms with Crippen molar-refractivity contribution in [3.8, 4) is 6.26 Å². The third kappa shape index (κ3) is 6.01. The van der Waals surface area contributed by atoms with Crippen LogP contribution in [-0.4, -0.2) is 16.9 Å². The van der Waals surface area contributed by atoms with Gasteiger partial charge in [-0.25, -0.2) is 0 Å². The minimum atomic E-state index is -0.329. The van der Waals surface area contributed by atoms with E-state index in [0.717, 1.165) is 6.26 Å². The van der Waals surface area contributed by atoms with E-state index in [2.05, 4.69) is 0 Å². The molecule has 0 aromatic carbocycles. The van der Waals surface area contributed by atoms with Gasteiger partial charge in [0.25, 0.3) is 18.1 Å². The minimum Gasteiger partial charge on any atom is -0.443 e. The van der Waals surface area contributed by atoms with E-state index in [1.54, 1.807) is 0 Å². The average molecular weight is 156 g/mol. The molecular formula is C5H4N2O4. The molecule has 0 fully saturated rings. The van der Waals surface area contributed by atoms with Crippen molar-refractivity contribution >= 4 is 11.8 Å². The Morgan fingerprint density at radius 1 is 1.36 bits per heavy atom. The first-order valence-electron chi connectivity index (χ1n) is 2.27. The third-order valence-electron chi connectivity index (χ3n) is 0.632. The van der Waals surface area contributed by atoms with Gasteiger partial charge in [0, 0.05) is 17.6 Å². The van der Waals surface area contributed by atoms with Crippen LogP contribution in [0.15, 0.2) is 12.2 Å². The molecule has 1 heterocycles. The normalized spacial score (nSPS) is 11.9. The summed E-state index contributed by atoms with van der Waals surface area (Å²) in [6.07, 6.45) is 3.14. The fourth-order valence-electron chi connectivity index (χ4n) is 0.356. The maximum Gasteiger partial charge on any atom is 0.283 e. The zero-order valence-electron chi connectivity index (χ0n) is 5.27. The molecule has 11 heavy (non-hydrogen) atoms. The van der Waals surface area contributed by atoms with Crippen LogP contribution in [-0.2, 0) is 15.1 Å². The smallest absolute Gasteiger partial charge is 0.283 e. The van der Waals surface area contributed by atoms with E-state index in [1.807, 2.05) is 5.32 Å². The fraction of sp³-hybridized carbons (Fsp3) is 0. The highest BCUT2D eigenvalue weighted by Gasteiger charge is 2.06. The number of nitriles is 1. The van der Waals surface area contributed by atoms with E-state index in [9.17, 15) is 9.59 Å². The van der Waals surface area contributed by atoms with Gasteiger partial charge in [-0.2, -0.15) is 5.26 Å². The third-order valence-corrected chi connectivity index (χ3v) is 0.632. The van der Waals surface area contributed by atoms with Crippen LogP contribution in [0.5, 0.6) is 0 Å². The summed E-state index contributed by atoms with van der Waals surface area (Å²) < 4.78 is 0. The predicted molar refractivity (Wildman–Crippen MR) is 30.5 cm³/mol. The maximum atomic E-state index is 10.0. The Labute approximate surface area is 62.0 Å². The Hall–Kier alpha value is -1.87. The molecular weight excluding hydrogens is 152 g/mol. The van der Waals surface area contributed by atoms with Crippen LogP contribution in [0.1, 0.15) is 0 Å². The lowest BCUT2D eigenvalue weighted by Gasteiger charge is -1.80. The maximum absolute atomic E-state index is 10.0. The van der Waals surface area contributed by atoms with Crippen LogP contribution in [0, 0.1) is 11.5 Å². The molecule has 2 N–H and O–H groups in total. The summed E-state index contributed by atoms with van der Waals surface area (Å²) in [5, 5.41) is 15.8. The molecule has 2 amide bonds. The van der Waals surface area contributed by atoms with Crippen LogP contribution in [0.4, 0.5) is 0 Å². The molecule has 0 bridgehead atoms. The van der Waals surface area contributed by atoms with Gasteiger partial charge in [0.05, 0.1) is 0 Å². The molecule has 0 aromatic heterocycles. The van der Waals surface area contributed by atoms with E-state index in [0.29, 0.717) is 0 Å². The Balaban J connectivity index is 0.